The first-order valence-electron chi connectivity index (χ1n) is 8.46. The first kappa shape index (κ1) is 17.4. The van der Waals surface area contributed by atoms with Crippen LogP contribution in [0.3, 0.4) is 0 Å². The summed E-state index contributed by atoms with van der Waals surface area (Å²) in [4.78, 5) is 12.4. The quantitative estimate of drug-likeness (QED) is 0.796. The lowest BCUT2D eigenvalue weighted by molar-refractivity contribution is 0.149. The van der Waals surface area contributed by atoms with Crippen LogP contribution in [-0.4, -0.2) is 33.3 Å². The molecular formula is C18H25N5O2. The summed E-state index contributed by atoms with van der Waals surface area (Å²) in [7, 11) is 0. The van der Waals surface area contributed by atoms with Crippen LogP contribution in [-0.2, 0) is 0 Å². The SMILES string of the molecule is CC1(C)CC(NC(=O)Nc2cccc(-c3nnco3)c2)CC(C)(C)N1. The zero-order valence-corrected chi connectivity index (χ0v) is 15.1. The first-order valence-corrected chi connectivity index (χ1v) is 8.46. The fourth-order valence-electron chi connectivity index (χ4n) is 3.81. The van der Waals surface area contributed by atoms with Gasteiger partial charge in [-0.05, 0) is 58.7 Å². The normalized spacial score (nSPS) is 19.4. The smallest absolute Gasteiger partial charge is 0.319 e. The molecule has 1 aliphatic rings. The molecule has 3 N–H and O–H groups in total. The van der Waals surface area contributed by atoms with Crippen LogP contribution < -0.4 is 16.0 Å². The Bertz CT molecular complexity index is 724. The van der Waals surface area contributed by atoms with Gasteiger partial charge in [0.1, 0.15) is 0 Å². The van der Waals surface area contributed by atoms with Crippen LogP contribution in [0.4, 0.5) is 10.5 Å². The number of aromatic nitrogens is 2. The van der Waals surface area contributed by atoms with Crippen LogP contribution in [0.2, 0.25) is 0 Å². The number of hydrogen-bond acceptors (Lipinski definition) is 5. The predicted octanol–water partition coefficient (Wildman–Crippen LogP) is 3.17. The number of amides is 2. The van der Waals surface area contributed by atoms with E-state index in [-0.39, 0.29) is 23.2 Å². The third-order valence-corrected chi connectivity index (χ3v) is 4.25. The second kappa shape index (κ2) is 6.48. The molecule has 0 bridgehead atoms. The summed E-state index contributed by atoms with van der Waals surface area (Å²) >= 11 is 0. The second-order valence-electron chi connectivity index (χ2n) is 7.92. The molecule has 0 atom stereocenters. The van der Waals surface area contributed by atoms with Crippen LogP contribution in [0.15, 0.2) is 35.1 Å². The topological polar surface area (TPSA) is 92.1 Å². The first-order chi connectivity index (χ1) is 11.7. The van der Waals surface area contributed by atoms with E-state index in [9.17, 15) is 4.79 Å². The van der Waals surface area contributed by atoms with E-state index in [1.54, 1.807) is 0 Å². The van der Waals surface area contributed by atoms with E-state index in [4.69, 9.17) is 4.42 Å². The molecule has 2 heterocycles. The van der Waals surface area contributed by atoms with E-state index in [0.29, 0.717) is 11.6 Å². The van der Waals surface area contributed by atoms with Crippen molar-refractivity contribution in [3.63, 3.8) is 0 Å². The summed E-state index contributed by atoms with van der Waals surface area (Å²) in [6, 6.07) is 7.24. The molecule has 0 spiro atoms. The fraction of sp³-hybridized carbons (Fsp3) is 0.500. The Hall–Kier alpha value is -2.41. The van der Waals surface area contributed by atoms with Crippen LogP contribution in [0.5, 0.6) is 0 Å². The van der Waals surface area contributed by atoms with E-state index >= 15 is 0 Å². The molecule has 1 aliphatic heterocycles. The van der Waals surface area contributed by atoms with Crippen molar-refractivity contribution in [2.45, 2.75) is 57.7 Å². The third kappa shape index (κ3) is 4.57. The highest BCUT2D eigenvalue weighted by molar-refractivity contribution is 5.90. The maximum absolute atomic E-state index is 12.4. The summed E-state index contributed by atoms with van der Waals surface area (Å²) in [5.74, 6) is 0.422. The van der Waals surface area contributed by atoms with Crippen molar-refractivity contribution in [2.75, 3.05) is 5.32 Å². The molecule has 0 aliphatic carbocycles. The van der Waals surface area contributed by atoms with Crippen molar-refractivity contribution in [3.05, 3.63) is 30.7 Å². The lowest BCUT2D eigenvalue weighted by Gasteiger charge is -2.46. The number of urea groups is 1. The number of carbonyl (C=O) groups excluding carboxylic acids is 1. The molecule has 0 saturated carbocycles. The number of anilines is 1. The summed E-state index contributed by atoms with van der Waals surface area (Å²) in [6.07, 6.45) is 3.04. The van der Waals surface area contributed by atoms with Gasteiger partial charge in [-0.15, -0.1) is 10.2 Å². The highest BCUT2D eigenvalue weighted by Crippen LogP contribution is 2.28. The van der Waals surface area contributed by atoms with E-state index in [1.165, 1.54) is 6.39 Å². The van der Waals surface area contributed by atoms with E-state index in [0.717, 1.165) is 18.4 Å². The number of nitrogens with zero attached hydrogens (tertiary/aromatic N) is 2. The van der Waals surface area contributed by atoms with Crippen LogP contribution in [0.25, 0.3) is 11.5 Å². The van der Waals surface area contributed by atoms with Crippen molar-refractivity contribution in [2.24, 2.45) is 0 Å². The zero-order chi connectivity index (χ0) is 18.1. The minimum atomic E-state index is -0.207. The van der Waals surface area contributed by atoms with Crippen molar-refractivity contribution in [3.8, 4) is 11.5 Å². The van der Waals surface area contributed by atoms with E-state index < -0.39 is 0 Å². The summed E-state index contributed by atoms with van der Waals surface area (Å²) in [5.41, 5.74) is 1.41. The number of rotatable bonds is 3. The summed E-state index contributed by atoms with van der Waals surface area (Å²) < 4.78 is 5.19. The van der Waals surface area contributed by atoms with Crippen LogP contribution >= 0.6 is 0 Å². The predicted molar refractivity (Wildman–Crippen MR) is 96.2 cm³/mol. The molecule has 1 aromatic carbocycles. The second-order valence-corrected chi connectivity index (χ2v) is 7.92. The number of carbonyl (C=O) groups is 1. The van der Waals surface area contributed by atoms with Crippen LogP contribution in [0, 0.1) is 0 Å². The standard InChI is InChI=1S/C18H25N5O2/c1-17(2)9-14(10-18(3,4)23-17)21-16(24)20-13-7-5-6-12(8-13)15-22-19-11-25-15/h5-8,11,14,23H,9-10H2,1-4H3,(H2,20,21,24). The molecule has 1 aromatic heterocycles. The zero-order valence-electron chi connectivity index (χ0n) is 15.1. The van der Waals surface area contributed by atoms with Crippen molar-refractivity contribution >= 4 is 11.7 Å². The maximum atomic E-state index is 12.4. The van der Waals surface area contributed by atoms with Gasteiger partial charge in [0.05, 0.1) is 0 Å². The average molecular weight is 343 g/mol. The monoisotopic (exact) mass is 343 g/mol. The highest BCUT2D eigenvalue weighted by Gasteiger charge is 2.38. The average Bonchev–Trinajstić information content (AvgIpc) is 2.97. The van der Waals surface area contributed by atoms with Crippen molar-refractivity contribution < 1.29 is 9.21 Å². The Balaban J connectivity index is 1.64. The Morgan fingerprint density at radius 2 is 1.96 bits per heavy atom. The van der Waals surface area contributed by atoms with Gasteiger partial charge in [0.15, 0.2) is 0 Å². The Morgan fingerprint density at radius 3 is 2.60 bits per heavy atom. The molecule has 1 fully saturated rings. The summed E-state index contributed by atoms with van der Waals surface area (Å²) in [5, 5.41) is 17.1. The largest absolute Gasteiger partial charge is 0.423 e. The molecular weight excluding hydrogens is 318 g/mol. The van der Waals surface area contributed by atoms with Gasteiger partial charge in [-0.3, -0.25) is 0 Å². The Morgan fingerprint density at radius 1 is 1.24 bits per heavy atom. The maximum Gasteiger partial charge on any atom is 0.319 e. The molecule has 2 aromatic rings. The molecule has 1 saturated heterocycles. The lowest BCUT2D eigenvalue weighted by atomic mass is 9.80. The minimum Gasteiger partial charge on any atom is -0.423 e. The Labute approximate surface area is 147 Å². The molecule has 2 amide bonds. The van der Waals surface area contributed by atoms with Gasteiger partial charge in [0.2, 0.25) is 12.3 Å². The molecule has 134 valence electrons. The molecule has 0 radical (unpaired) electrons. The lowest BCUT2D eigenvalue weighted by Crippen LogP contribution is -2.62. The van der Waals surface area contributed by atoms with Gasteiger partial charge in [0.25, 0.3) is 0 Å². The third-order valence-electron chi connectivity index (χ3n) is 4.25. The Kier molecular flexibility index (Phi) is 4.51. The molecule has 7 nitrogen and oxygen atoms in total. The van der Waals surface area contributed by atoms with Gasteiger partial charge in [-0.1, -0.05) is 6.07 Å². The number of benzene rings is 1. The van der Waals surface area contributed by atoms with Gasteiger partial charge >= 0.3 is 6.03 Å². The highest BCUT2D eigenvalue weighted by atomic mass is 16.4. The van der Waals surface area contributed by atoms with Gasteiger partial charge in [-0.25, -0.2) is 4.79 Å². The number of nitrogens with one attached hydrogen (secondary N) is 3. The minimum absolute atomic E-state index is 0.0163. The van der Waals surface area contributed by atoms with Gasteiger partial charge in [0, 0.05) is 28.4 Å². The van der Waals surface area contributed by atoms with Crippen molar-refractivity contribution in [1.29, 1.82) is 0 Å². The van der Waals surface area contributed by atoms with Gasteiger partial charge < -0.3 is 20.4 Å². The molecule has 3 rings (SSSR count). The summed E-state index contributed by atoms with van der Waals surface area (Å²) in [6.45, 7) is 8.64. The number of hydrogen-bond donors (Lipinski definition) is 3. The molecule has 25 heavy (non-hydrogen) atoms. The van der Waals surface area contributed by atoms with Crippen molar-refractivity contribution in [1.82, 2.24) is 20.8 Å². The van der Waals surface area contributed by atoms with E-state index in [2.05, 4.69) is 53.8 Å². The number of piperidine rings is 1. The molecule has 0 unspecified atom stereocenters. The van der Waals surface area contributed by atoms with E-state index in [1.807, 2.05) is 24.3 Å². The van der Waals surface area contributed by atoms with Crippen LogP contribution in [0.1, 0.15) is 40.5 Å². The fourth-order valence-corrected chi connectivity index (χ4v) is 3.81. The van der Waals surface area contributed by atoms with Gasteiger partial charge in [-0.2, -0.15) is 0 Å². The molecule has 7 heteroatoms.